The molecule has 4 heteroatoms. The van der Waals surface area contributed by atoms with Gasteiger partial charge >= 0.3 is 0 Å². The fourth-order valence-electron chi connectivity index (χ4n) is 4.02. The first kappa shape index (κ1) is 20.4. The quantitative estimate of drug-likeness (QED) is 0.627. The summed E-state index contributed by atoms with van der Waals surface area (Å²) in [6, 6.07) is 2.75. The predicted molar refractivity (Wildman–Crippen MR) is 99.7 cm³/mol. The van der Waals surface area contributed by atoms with Crippen LogP contribution in [0.5, 0.6) is 0 Å². The van der Waals surface area contributed by atoms with Gasteiger partial charge in [-0.1, -0.05) is 75.4 Å². The van der Waals surface area contributed by atoms with Crippen LogP contribution >= 0.6 is 0 Å². The molecule has 0 aliphatic rings. The van der Waals surface area contributed by atoms with Gasteiger partial charge in [0, 0.05) is 0 Å². The molecule has 0 saturated heterocycles. The molecule has 0 aliphatic carbocycles. The third-order valence-electron chi connectivity index (χ3n) is 4.85. The highest BCUT2D eigenvalue weighted by Crippen LogP contribution is 2.25. The van der Waals surface area contributed by atoms with Gasteiger partial charge < -0.3 is 9.13 Å². The van der Waals surface area contributed by atoms with E-state index in [1.165, 1.54) is 0 Å². The van der Waals surface area contributed by atoms with Crippen LogP contribution in [0.25, 0.3) is 0 Å². The molecule has 0 aliphatic heterocycles. The summed E-state index contributed by atoms with van der Waals surface area (Å²) in [5.74, 6) is 0. The van der Waals surface area contributed by atoms with Crippen LogP contribution in [0.1, 0.15) is 62.3 Å². The van der Waals surface area contributed by atoms with Crippen LogP contribution in [0.4, 0.5) is 0 Å². The van der Waals surface area contributed by atoms with Crippen LogP contribution in [0.15, 0.2) is 0 Å². The summed E-state index contributed by atoms with van der Waals surface area (Å²) in [7, 11) is -1.74. The van der Waals surface area contributed by atoms with Crippen LogP contribution in [0, 0.1) is 0 Å². The lowest BCUT2D eigenvalue weighted by Gasteiger charge is -2.44. The van der Waals surface area contributed by atoms with E-state index in [-0.39, 0.29) is 0 Å². The normalized spacial score (nSPS) is 17.9. The van der Waals surface area contributed by atoms with Crippen molar-refractivity contribution in [3.63, 3.8) is 0 Å². The van der Waals surface area contributed by atoms with E-state index >= 15 is 0 Å². The standard InChI is InChI=1S/C16H40N2Si2/c1-12(2)17(13(3)4)19(10)16(9)20(11)18(14(5)6)15(7)8/h12-16,19-20H,1-11H3. The summed E-state index contributed by atoms with van der Waals surface area (Å²) in [6.07, 6.45) is 0. The highest BCUT2D eigenvalue weighted by molar-refractivity contribution is 6.76. The van der Waals surface area contributed by atoms with E-state index in [2.05, 4.69) is 84.5 Å². The maximum Gasteiger partial charge on any atom is 0.110 e. The van der Waals surface area contributed by atoms with E-state index in [9.17, 15) is 0 Å². The molecule has 0 radical (unpaired) electrons. The molecule has 0 N–H and O–H groups in total. The Balaban J connectivity index is 5.06. The Bertz CT molecular complexity index is 225. The van der Waals surface area contributed by atoms with Crippen molar-refractivity contribution in [1.82, 2.24) is 9.13 Å². The van der Waals surface area contributed by atoms with Gasteiger partial charge in [-0.05, 0) is 29.3 Å². The van der Waals surface area contributed by atoms with Crippen molar-refractivity contribution in [2.75, 3.05) is 0 Å². The summed E-state index contributed by atoms with van der Waals surface area (Å²) in [5, 5.41) is 0.935. The van der Waals surface area contributed by atoms with Gasteiger partial charge in [0.25, 0.3) is 0 Å². The van der Waals surface area contributed by atoms with Crippen LogP contribution in [0.3, 0.4) is 0 Å². The Morgan fingerprint density at radius 1 is 0.500 bits per heavy atom. The molecular formula is C16H40N2Si2. The van der Waals surface area contributed by atoms with Crippen LogP contribution in [-0.2, 0) is 0 Å². The van der Waals surface area contributed by atoms with E-state index in [0.717, 1.165) is 5.16 Å². The largest absolute Gasteiger partial charge is 0.322 e. The smallest absolute Gasteiger partial charge is 0.110 e. The minimum absolute atomic E-state index is 0.687. The zero-order chi connectivity index (χ0) is 16.2. The molecule has 2 nitrogen and oxygen atoms in total. The van der Waals surface area contributed by atoms with Gasteiger partial charge in [-0.3, -0.25) is 0 Å². The van der Waals surface area contributed by atoms with Crippen molar-refractivity contribution >= 4 is 17.9 Å². The average Bonchev–Trinajstić information content (AvgIpc) is 2.25. The third kappa shape index (κ3) is 5.28. The first-order chi connectivity index (χ1) is 9.02. The SMILES string of the molecule is CC(C)N(C(C)C)[SiH](C)C(C)[SiH](C)N(C(C)C)C(C)C. The number of rotatable bonds is 8. The van der Waals surface area contributed by atoms with Gasteiger partial charge in [-0.25, -0.2) is 0 Å². The monoisotopic (exact) mass is 316 g/mol. The summed E-state index contributed by atoms with van der Waals surface area (Å²) in [6.45, 7) is 26.6. The van der Waals surface area contributed by atoms with E-state index in [0.29, 0.717) is 24.2 Å². The van der Waals surface area contributed by atoms with E-state index in [1.807, 2.05) is 0 Å². The highest BCUT2D eigenvalue weighted by atomic mass is 28.3. The van der Waals surface area contributed by atoms with Crippen molar-refractivity contribution in [2.45, 2.75) is 105 Å². The molecule has 0 heterocycles. The molecule has 20 heavy (non-hydrogen) atoms. The van der Waals surface area contributed by atoms with Gasteiger partial charge in [0.05, 0.1) is 0 Å². The van der Waals surface area contributed by atoms with E-state index in [4.69, 9.17) is 0 Å². The van der Waals surface area contributed by atoms with Crippen molar-refractivity contribution in [1.29, 1.82) is 0 Å². The molecule has 0 saturated carbocycles. The molecule has 122 valence electrons. The maximum absolute atomic E-state index is 2.83. The Labute approximate surface area is 132 Å². The molecule has 0 aromatic rings. The summed E-state index contributed by atoms with van der Waals surface area (Å²) in [4.78, 5) is 0. The molecule has 0 fully saturated rings. The number of hydrogen-bond donors (Lipinski definition) is 0. The van der Waals surface area contributed by atoms with Gasteiger partial charge in [0.1, 0.15) is 17.9 Å². The second-order valence-electron chi connectivity index (χ2n) is 7.61. The summed E-state index contributed by atoms with van der Waals surface area (Å²) >= 11 is 0. The minimum atomic E-state index is -0.870. The molecule has 0 aromatic heterocycles. The predicted octanol–water partition coefficient (Wildman–Crippen LogP) is 3.86. The lowest BCUT2D eigenvalue weighted by atomic mass is 10.3. The summed E-state index contributed by atoms with van der Waals surface area (Å²) in [5.41, 5.74) is 0. The second kappa shape index (κ2) is 8.71. The molecule has 0 bridgehead atoms. The van der Waals surface area contributed by atoms with Gasteiger partial charge in [0.2, 0.25) is 0 Å². The summed E-state index contributed by atoms with van der Waals surface area (Å²) < 4.78 is 5.65. The van der Waals surface area contributed by atoms with Crippen LogP contribution < -0.4 is 0 Å². The molecule has 0 rings (SSSR count). The first-order valence-corrected chi connectivity index (χ1v) is 13.2. The van der Waals surface area contributed by atoms with Gasteiger partial charge in [-0.15, -0.1) is 0 Å². The minimum Gasteiger partial charge on any atom is -0.322 e. The molecule has 2 unspecified atom stereocenters. The Kier molecular flexibility index (Phi) is 8.87. The molecular weight excluding hydrogens is 276 g/mol. The van der Waals surface area contributed by atoms with Gasteiger partial charge in [0.15, 0.2) is 0 Å². The van der Waals surface area contributed by atoms with Crippen molar-refractivity contribution in [3.8, 4) is 0 Å². The zero-order valence-corrected chi connectivity index (χ0v) is 18.2. The lowest BCUT2D eigenvalue weighted by molar-refractivity contribution is 0.291. The number of hydrogen-bond acceptors (Lipinski definition) is 2. The van der Waals surface area contributed by atoms with E-state index < -0.39 is 17.9 Å². The first-order valence-electron chi connectivity index (χ1n) is 8.57. The molecule has 0 amide bonds. The van der Waals surface area contributed by atoms with Crippen molar-refractivity contribution in [2.24, 2.45) is 0 Å². The molecule has 2 atom stereocenters. The fourth-order valence-corrected chi connectivity index (χ4v) is 13.3. The topological polar surface area (TPSA) is 6.48 Å². The fraction of sp³-hybridized carbons (Fsp3) is 1.00. The van der Waals surface area contributed by atoms with Crippen molar-refractivity contribution in [3.05, 3.63) is 0 Å². The lowest BCUT2D eigenvalue weighted by Crippen LogP contribution is -2.56. The highest BCUT2D eigenvalue weighted by Gasteiger charge is 2.34. The Morgan fingerprint density at radius 3 is 0.850 bits per heavy atom. The number of nitrogens with zero attached hydrogens (tertiary/aromatic N) is 2. The average molecular weight is 317 g/mol. The molecule has 0 spiro atoms. The zero-order valence-electron chi connectivity index (χ0n) is 15.9. The Morgan fingerprint density at radius 2 is 0.700 bits per heavy atom. The van der Waals surface area contributed by atoms with Crippen LogP contribution in [0.2, 0.25) is 18.3 Å². The third-order valence-corrected chi connectivity index (χ3v) is 15.5. The van der Waals surface area contributed by atoms with Crippen LogP contribution in [-0.4, -0.2) is 51.2 Å². The maximum atomic E-state index is 2.83. The van der Waals surface area contributed by atoms with Crippen molar-refractivity contribution < 1.29 is 0 Å². The Hall–Kier alpha value is 0.354. The van der Waals surface area contributed by atoms with Gasteiger partial charge in [-0.2, -0.15) is 0 Å². The van der Waals surface area contributed by atoms with E-state index in [1.54, 1.807) is 0 Å². The molecule has 0 aromatic carbocycles. The second-order valence-corrected chi connectivity index (χ2v) is 14.6.